The summed E-state index contributed by atoms with van der Waals surface area (Å²) in [5.74, 6) is -0.713. The zero-order chi connectivity index (χ0) is 16.2. The molecule has 7 nitrogen and oxygen atoms in total. The van der Waals surface area contributed by atoms with Gasteiger partial charge in [-0.2, -0.15) is 0 Å². The van der Waals surface area contributed by atoms with Crippen LogP contribution in [-0.4, -0.2) is 38.3 Å². The Morgan fingerprint density at radius 2 is 2.04 bits per heavy atom. The molecule has 7 heteroatoms. The average molecular weight is 312 g/mol. The highest BCUT2D eigenvalue weighted by molar-refractivity contribution is 5.94. The van der Waals surface area contributed by atoms with Gasteiger partial charge in [0.25, 0.3) is 5.91 Å². The lowest BCUT2D eigenvalue weighted by molar-refractivity contribution is -0.131. The first-order valence-electron chi connectivity index (χ1n) is 7.27. The predicted molar refractivity (Wildman–Crippen MR) is 81.3 cm³/mol. The summed E-state index contributed by atoms with van der Waals surface area (Å²) >= 11 is 0. The summed E-state index contributed by atoms with van der Waals surface area (Å²) < 4.78 is 0. The van der Waals surface area contributed by atoms with Crippen molar-refractivity contribution in [2.45, 2.75) is 19.5 Å². The van der Waals surface area contributed by atoms with Gasteiger partial charge in [0.15, 0.2) is 5.69 Å². The number of amides is 2. The molecule has 118 valence electrons. The van der Waals surface area contributed by atoms with Crippen molar-refractivity contribution in [3.63, 3.8) is 0 Å². The minimum atomic E-state index is -0.496. The van der Waals surface area contributed by atoms with Crippen molar-refractivity contribution >= 4 is 11.8 Å². The molecule has 0 saturated carbocycles. The van der Waals surface area contributed by atoms with E-state index in [2.05, 4.69) is 15.3 Å². The molecule has 23 heavy (non-hydrogen) atoms. The molecule has 0 unspecified atom stereocenters. The molecular formula is C16H16N4O3. The van der Waals surface area contributed by atoms with E-state index in [0.717, 1.165) is 11.1 Å². The molecule has 0 aliphatic carbocycles. The molecule has 0 atom stereocenters. The van der Waals surface area contributed by atoms with E-state index in [0.29, 0.717) is 13.1 Å². The Labute approximate surface area is 133 Å². The van der Waals surface area contributed by atoms with Crippen LogP contribution in [0.1, 0.15) is 28.0 Å². The predicted octanol–water partition coefficient (Wildman–Crippen LogP) is 0.844. The Balaban J connectivity index is 1.49. The van der Waals surface area contributed by atoms with Crippen molar-refractivity contribution < 1.29 is 14.7 Å². The van der Waals surface area contributed by atoms with Crippen LogP contribution in [0.4, 0.5) is 0 Å². The topological polar surface area (TPSA) is 95.4 Å². The van der Waals surface area contributed by atoms with Gasteiger partial charge in [0.05, 0.1) is 0 Å². The molecule has 1 aliphatic heterocycles. The van der Waals surface area contributed by atoms with Crippen LogP contribution in [0.5, 0.6) is 5.75 Å². The van der Waals surface area contributed by atoms with Gasteiger partial charge in [-0.3, -0.25) is 14.6 Å². The van der Waals surface area contributed by atoms with Gasteiger partial charge in [-0.05, 0) is 29.3 Å². The van der Waals surface area contributed by atoms with Gasteiger partial charge in [-0.25, -0.2) is 4.98 Å². The smallest absolute Gasteiger partial charge is 0.273 e. The van der Waals surface area contributed by atoms with E-state index >= 15 is 0 Å². The van der Waals surface area contributed by atoms with Gasteiger partial charge in [0.1, 0.15) is 5.75 Å². The van der Waals surface area contributed by atoms with E-state index in [1.54, 1.807) is 17.3 Å². The van der Waals surface area contributed by atoms with Gasteiger partial charge >= 0.3 is 0 Å². The summed E-state index contributed by atoms with van der Waals surface area (Å²) in [6.45, 7) is 1.32. The maximum absolute atomic E-state index is 12.2. The fourth-order valence-corrected chi connectivity index (χ4v) is 2.49. The Hall–Kier alpha value is -2.96. The number of aromatic nitrogens is 2. The van der Waals surface area contributed by atoms with Gasteiger partial charge in [-0.15, -0.1) is 0 Å². The first-order chi connectivity index (χ1) is 11.1. The molecule has 2 amide bonds. The summed E-state index contributed by atoms with van der Waals surface area (Å²) in [7, 11) is 0. The number of pyridine rings is 2. The number of rotatable bonds is 4. The van der Waals surface area contributed by atoms with Crippen molar-refractivity contribution in [3.05, 3.63) is 53.6 Å². The first-order valence-corrected chi connectivity index (χ1v) is 7.27. The maximum Gasteiger partial charge on any atom is 0.273 e. The molecule has 0 bridgehead atoms. The van der Waals surface area contributed by atoms with E-state index in [1.807, 2.05) is 6.07 Å². The number of fused-ring (bicyclic) bond motifs is 1. The maximum atomic E-state index is 12.2. The van der Waals surface area contributed by atoms with Crippen molar-refractivity contribution in [1.82, 2.24) is 20.2 Å². The van der Waals surface area contributed by atoms with Crippen molar-refractivity contribution in [2.24, 2.45) is 0 Å². The van der Waals surface area contributed by atoms with Crippen LogP contribution in [0.2, 0.25) is 0 Å². The number of hydrogen-bond acceptors (Lipinski definition) is 5. The SMILES string of the molecule is O=C(NCCC(=O)N1Cc2ccncc2C1)c1ncccc1O. The normalized spacial score (nSPS) is 12.8. The quantitative estimate of drug-likeness (QED) is 0.872. The lowest BCUT2D eigenvalue weighted by atomic mass is 10.2. The van der Waals surface area contributed by atoms with Crippen LogP contribution in [0, 0.1) is 0 Å². The van der Waals surface area contributed by atoms with Crippen molar-refractivity contribution in [3.8, 4) is 5.75 Å². The van der Waals surface area contributed by atoms with Gasteiger partial charge in [0.2, 0.25) is 5.91 Å². The van der Waals surface area contributed by atoms with Crippen molar-refractivity contribution in [1.29, 1.82) is 0 Å². The molecule has 3 heterocycles. The summed E-state index contributed by atoms with van der Waals surface area (Å²) in [4.78, 5) is 33.7. The second kappa shape index (κ2) is 6.43. The lowest BCUT2D eigenvalue weighted by Gasteiger charge is -2.15. The molecule has 2 aromatic heterocycles. The highest BCUT2D eigenvalue weighted by atomic mass is 16.3. The lowest BCUT2D eigenvalue weighted by Crippen LogP contribution is -2.31. The highest BCUT2D eigenvalue weighted by Crippen LogP contribution is 2.21. The van der Waals surface area contributed by atoms with E-state index in [1.165, 1.54) is 18.3 Å². The second-order valence-electron chi connectivity index (χ2n) is 5.27. The van der Waals surface area contributed by atoms with Crippen LogP contribution in [0.3, 0.4) is 0 Å². The Morgan fingerprint density at radius 3 is 2.83 bits per heavy atom. The van der Waals surface area contributed by atoms with E-state index < -0.39 is 5.91 Å². The van der Waals surface area contributed by atoms with Gasteiger partial charge in [0, 0.05) is 44.6 Å². The number of nitrogens with one attached hydrogen (secondary N) is 1. The standard InChI is InChI=1S/C16H16N4O3/c21-13-2-1-5-18-15(13)16(23)19-7-4-14(22)20-9-11-3-6-17-8-12(11)10-20/h1-3,5-6,8,21H,4,7,9-10H2,(H,19,23). The third-order valence-electron chi connectivity index (χ3n) is 3.71. The molecule has 2 N–H and O–H groups in total. The molecule has 0 aromatic carbocycles. The fourth-order valence-electron chi connectivity index (χ4n) is 2.49. The number of carbonyl (C=O) groups is 2. The minimum absolute atomic E-state index is 0.0354. The summed E-state index contributed by atoms with van der Waals surface area (Å²) in [5, 5.41) is 12.2. The van der Waals surface area contributed by atoms with Crippen LogP contribution in [0.25, 0.3) is 0 Å². The fraction of sp³-hybridized carbons (Fsp3) is 0.250. The third-order valence-corrected chi connectivity index (χ3v) is 3.71. The van der Waals surface area contributed by atoms with E-state index in [9.17, 15) is 14.7 Å². The Kier molecular flexibility index (Phi) is 4.18. The zero-order valence-corrected chi connectivity index (χ0v) is 12.4. The molecule has 0 fully saturated rings. The average Bonchev–Trinajstić information content (AvgIpc) is 2.99. The molecule has 1 aliphatic rings. The molecule has 0 saturated heterocycles. The summed E-state index contributed by atoms with van der Waals surface area (Å²) in [6, 6.07) is 4.84. The largest absolute Gasteiger partial charge is 0.505 e. The van der Waals surface area contributed by atoms with Gasteiger partial charge < -0.3 is 15.3 Å². The van der Waals surface area contributed by atoms with Gasteiger partial charge in [-0.1, -0.05) is 0 Å². The second-order valence-corrected chi connectivity index (χ2v) is 5.27. The molecular weight excluding hydrogens is 296 g/mol. The van der Waals surface area contributed by atoms with Crippen LogP contribution in [-0.2, 0) is 17.9 Å². The van der Waals surface area contributed by atoms with Crippen molar-refractivity contribution in [2.75, 3.05) is 6.54 Å². The number of hydrogen-bond donors (Lipinski definition) is 2. The van der Waals surface area contributed by atoms with E-state index in [-0.39, 0.29) is 30.3 Å². The van der Waals surface area contributed by atoms with Crippen LogP contribution >= 0.6 is 0 Å². The highest BCUT2D eigenvalue weighted by Gasteiger charge is 2.23. The minimum Gasteiger partial charge on any atom is -0.505 e. The zero-order valence-electron chi connectivity index (χ0n) is 12.4. The molecule has 0 spiro atoms. The Morgan fingerprint density at radius 1 is 1.22 bits per heavy atom. The Bertz CT molecular complexity index is 723. The molecule has 3 rings (SSSR count). The van der Waals surface area contributed by atoms with E-state index in [4.69, 9.17) is 0 Å². The van der Waals surface area contributed by atoms with Crippen LogP contribution in [0.15, 0.2) is 36.8 Å². The molecule has 0 radical (unpaired) electrons. The summed E-state index contributed by atoms with van der Waals surface area (Å²) in [5.41, 5.74) is 2.12. The van der Waals surface area contributed by atoms with Crippen LogP contribution < -0.4 is 5.32 Å². The molecule has 2 aromatic rings. The summed E-state index contributed by atoms with van der Waals surface area (Å²) in [6.07, 6.45) is 5.11. The monoisotopic (exact) mass is 312 g/mol. The first kappa shape index (κ1) is 15.0. The third kappa shape index (κ3) is 3.28. The number of nitrogens with zero attached hydrogens (tertiary/aromatic N) is 3. The number of carbonyl (C=O) groups excluding carboxylic acids is 2. The number of aromatic hydroxyl groups is 1.